The van der Waals surface area contributed by atoms with Crippen molar-refractivity contribution in [1.29, 1.82) is 0 Å². The van der Waals surface area contributed by atoms with Gasteiger partial charge in [-0.3, -0.25) is 10.1 Å². The largest absolute Gasteiger partial charge is 0.465 e. The number of nitrogens with one attached hydrogen (secondary N) is 2. The van der Waals surface area contributed by atoms with Gasteiger partial charge >= 0.3 is 12.0 Å². The van der Waals surface area contributed by atoms with Crippen molar-refractivity contribution in [3.8, 4) is 0 Å². The van der Waals surface area contributed by atoms with Crippen molar-refractivity contribution < 1.29 is 19.2 Å². The van der Waals surface area contributed by atoms with E-state index in [-0.39, 0.29) is 30.0 Å². The summed E-state index contributed by atoms with van der Waals surface area (Å²) in [5.74, 6) is -0.599. The van der Waals surface area contributed by atoms with Crippen LogP contribution >= 0.6 is 0 Å². The normalized spacial score (nSPS) is 9.65. The SMILES string of the molecule is COC(=O)c1ccc([N+](=O)[O-])c(NCCNC(N)=O)c1. The van der Waals surface area contributed by atoms with E-state index in [1.165, 1.54) is 25.3 Å². The molecule has 0 spiro atoms. The van der Waals surface area contributed by atoms with Crippen molar-refractivity contribution >= 4 is 23.4 Å². The van der Waals surface area contributed by atoms with Crippen molar-refractivity contribution in [2.75, 3.05) is 25.5 Å². The molecular formula is C11H14N4O5. The van der Waals surface area contributed by atoms with E-state index < -0.39 is 16.9 Å². The average molecular weight is 282 g/mol. The number of carbonyl (C=O) groups is 2. The Labute approximate surface area is 114 Å². The summed E-state index contributed by atoms with van der Waals surface area (Å²) in [6.45, 7) is 0.406. The molecule has 0 saturated carbocycles. The maximum absolute atomic E-state index is 11.4. The van der Waals surface area contributed by atoms with Crippen molar-refractivity contribution in [2.45, 2.75) is 0 Å². The Kier molecular flexibility index (Phi) is 5.27. The van der Waals surface area contributed by atoms with E-state index in [1.54, 1.807) is 0 Å². The van der Waals surface area contributed by atoms with Gasteiger partial charge in [0.2, 0.25) is 0 Å². The number of ether oxygens (including phenoxy) is 1. The monoisotopic (exact) mass is 282 g/mol. The molecule has 9 nitrogen and oxygen atoms in total. The standard InChI is InChI=1S/C11H14N4O5/c1-20-10(16)7-2-3-9(15(18)19)8(6-7)13-4-5-14-11(12)17/h2-3,6,13H,4-5H2,1H3,(H3,12,14,17). The number of primary amides is 1. The number of methoxy groups -OCH3 is 1. The summed E-state index contributed by atoms with van der Waals surface area (Å²) in [7, 11) is 1.22. The smallest absolute Gasteiger partial charge is 0.337 e. The number of nitro benzene ring substituents is 1. The Bertz CT molecular complexity index is 532. The molecule has 2 amide bonds. The second-order valence-corrected chi connectivity index (χ2v) is 3.70. The van der Waals surface area contributed by atoms with Crippen LogP contribution in [0, 0.1) is 10.1 Å². The fourth-order valence-electron chi connectivity index (χ4n) is 1.46. The molecule has 0 fully saturated rings. The van der Waals surface area contributed by atoms with Crippen LogP contribution in [-0.4, -0.2) is 37.1 Å². The molecule has 108 valence electrons. The minimum Gasteiger partial charge on any atom is -0.465 e. The third kappa shape index (κ3) is 4.12. The highest BCUT2D eigenvalue weighted by molar-refractivity contribution is 5.91. The molecule has 0 aliphatic carbocycles. The summed E-state index contributed by atoms with van der Waals surface area (Å²) >= 11 is 0. The van der Waals surface area contributed by atoms with E-state index >= 15 is 0 Å². The molecule has 1 aromatic rings. The maximum atomic E-state index is 11.4. The fraction of sp³-hybridized carbons (Fsp3) is 0.273. The first-order valence-corrected chi connectivity index (χ1v) is 5.59. The lowest BCUT2D eigenvalue weighted by atomic mass is 10.1. The predicted octanol–water partition coefficient (Wildman–Crippen LogP) is 0.462. The summed E-state index contributed by atoms with van der Waals surface area (Å²) in [6.07, 6.45) is 0. The number of rotatable bonds is 6. The third-order valence-corrected chi connectivity index (χ3v) is 2.35. The van der Waals surface area contributed by atoms with Crippen LogP contribution in [0.2, 0.25) is 0 Å². The van der Waals surface area contributed by atoms with Crippen molar-refractivity contribution in [1.82, 2.24) is 5.32 Å². The number of amides is 2. The van der Waals surface area contributed by atoms with E-state index in [4.69, 9.17) is 5.73 Å². The number of urea groups is 1. The molecule has 0 aromatic heterocycles. The summed E-state index contributed by atoms with van der Waals surface area (Å²) in [6, 6.07) is 3.13. The second-order valence-electron chi connectivity index (χ2n) is 3.70. The van der Waals surface area contributed by atoms with E-state index in [9.17, 15) is 19.7 Å². The Morgan fingerprint density at radius 1 is 1.40 bits per heavy atom. The minimum absolute atomic E-state index is 0.157. The van der Waals surface area contributed by atoms with Crippen LogP contribution in [0.15, 0.2) is 18.2 Å². The Morgan fingerprint density at radius 2 is 2.10 bits per heavy atom. The zero-order chi connectivity index (χ0) is 15.1. The van der Waals surface area contributed by atoms with E-state index in [2.05, 4.69) is 15.4 Å². The van der Waals surface area contributed by atoms with Crippen LogP contribution in [0.25, 0.3) is 0 Å². The molecule has 4 N–H and O–H groups in total. The molecule has 0 bridgehead atoms. The van der Waals surface area contributed by atoms with Crippen LogP contribution in [0.1, 0.15) is 10.4 Å². The van der Waals surface area contributed by atoms with Crippen LogP contribution < -0.4 is 16.4 Å². The van der Waals surface area contributed by atoms with Gasteiger partial charge in [-0.25, -0.2) is 9.59 Å². The molecule has 0 atom stereocenters. The summed E-state index contributed by atoms with van der Waals surface area (Å²) in [4.78, 5) is 32.1. The molecule has 20 heavy (non-hydrogen) atoms. The first-order valence-electron chi connectivity index (χ1n) is 5.59. The molecular weight excluding hydrogens is 268 g/mol. The molecule has 1 rings (SSSR count). The zero-order valence-corrected chi connectivity index (χ0v) is 10.7. The van der Waals surface area contributed by atoms with Crippen LogP contribution in [0.4, 0.5) is 16.2 Å². The van der Waals surface area contributed by atoms with Gasteiger partial charge in [0.1, 0.15) is 5.69 Å². The highest BCUT2D eigenvalue weighted by Crippen LogP contribution is 2.25. The van der Waals surface area contributed by atoms with Gasteiger partial charge in [0.15, 0.2) is 0 Å². The highest BCUT2D eigenvalue weighted by Gasteiger charge is 2.16. The van der Waals surface area contributed by atoms with Gasteiger partial charge in [-0.1, -0.05) is 0 Å². The van der Waals surface area contributed by atoms with Gasteiger partial charge in [-0.2, -0.15) is 0 Å². The lowest BCUT2D eigenvalue weighted by Crippen LogP contribution is -2.33. The molecule has 1 aromatic carbocycles. The predicted molar refractivity (Wildman–Crippen MR) is 70.5 cm³/mol. The number of hydrogen-bond donors (Lipinski definition) is 3. The van der Waals surface area contributed by atoms with Gasteiger partial charge < -0.3 is 21.1 Å². The van der Waals surface area contributed by atoms with Gasteiger partial charge in [0.25, 0.3) is 5.69 Å². The van der Waals surface area contributed by atoms with Gasteiger partial charge in [-0.05, 0) is 12.1 Å². The Hall–Kier alpha value is -2.84. The first kappa shape index (κ1) is 15.2. The number of esters is 1. The van der Waals surface area contributed by atoms with Crippen LogP contribution in [0.5, 0.6) is 0 Å². The topological polar surface area (TPSA) is 137 Å². The third-order valence-electron chi connectivity index (χ3n) is 2.35. The zero-order valence-electron chi connectivity index (χ0n) is 10.7. The van der Waals surface area contributed by atoms with Crippen molar-refractivity contribution in [2.24, 2.45) is 5.73 Å². The Morgan fingerprint density at radius 3 is 2.65 bits per heavy atom. The number of carbonyl (C=O) groups excluding carboxylic acids is 2. The minimum atomic E-state index is -0.690. The number of nitro groups is 1. The quantitative estimate of drug-likeness (QED) is 0.300. The molecule has 0 saturated heterocycles. The molecule has 0 aliphatic rings. The van der Waals surface area contributed by atoms with E-state index in [1.807, 2.05) is 0 Å². The molecule has 0 aliphatic heterocycles. The number of nitrogens with zero attached hydrogens (tertiary/aromatic N) is 1. The summed E-state index contributed by atoms with van der Waals surface area (Å²) in [5.41, 5.74) is 5.04. The highest BCUT2D eigenvalue weighted by atomic mass is 16.6. The Balaban J connectivity index is 2.86. The maximum Gasteiger partial charge on any atom is 0.337 e. The summed E-state index contributed by atoms with van der Waals surface area (Å²) < 4.78 is 4.54. The number of nitrogens with two attached hydrogens (primary N) is 1. The first-order chi connectivity index (χ1) is 9.45. The number of hydrogen-bond acceptors (Lipinski definition) is 6. The van der Waals surface area contributed by atoms with Crippen molar-refractivity contribution in [3.05, 3.63) is 33.9 Å². The van der Waals surface area contributed by atoms with Gasteiger partial charge in [-0.15, -0.1) is 0 Å². The summed E-state index contributed by atoms with van der Waals surface area (Å²) in [5, 5.41) is 16.0. The van der Waals surface area contributed by atoms with Crippen molar-refractivity contribution in [3.63, 3.8) is 0 Å². The second kappa shape index (κ2) is 6.92. The molecule has 0 unspecified atom stereocenters. The van der Waals surface area contributed by atoms with Gasteiger partial charge in [0, 0.05) is 19.2 Å². The lowest BCUT2D eigenvalue weighted by Gasteiger charge is -2.08. The average Bonchev–Trinajstić information content (AvgIpc) is 2.42. The molecule has 0 radical (unpaired) electrons. The number of anilines is 1. The molecule has 0 heterocycles. The fourth-order valence-corrected chi connectivity index (χ4v) is 1.46. The van der Waals surface area contributed by atoms with Gasteiger partial charge in [0.05, 0.1) is 17.6 Å². The molecule has 9 heteroatoms. The lowest BCUT2D eigenvalue weighted by molar-refractivity contribution is -0.384. The van der Waals surface area contributed by atoms with E-state index in [0.29, 0.717) is 0 Å². The van der Waals surface area contributed by atoms with Crippen LogP contribution in [0.3, 0.4) is 0 Å². The van der Waals surface area contributed by atoms with E-state index in [0.717, 1.165) is 0 Å². The van der Waals surface area contributed by atoms with Crippen LogP contribution in [-0.2, 0) is 4.74 Å². The number of benzene rings is 1.